The standard InChI is InChI=1S/C15H21BrO/c1-9-7-11(17)10(2)15-6-5-13(15,3)12(16)8-14(9,15)4/h7,10,12H,5-6,8H2,1-4H3. The molecule has 0 saturated heterocycles. The van der Waals surface area contributed by atoms with Gasteiger partial charge in [-0.2, -0.15) is 0 Å². The van der Waals surface area contributed by atoms with Crippen molar-refractivity contribution in [3.05, 3.63) is 11.6 Å². The molecule has 2 heteroatoms. The number of carbonyl (C=O) groups excluding carboxylic acids is 1. The van der Waals surface area contributed by atoms with Gasteiger partial charge in [0.1, 0.15) is 0 Å². The van der Waals surface area contributed by atoms with Gasteiger partial charge in [-0.05, 0) is 48.5 Å². The van der Waals surface area contributed by atoms with Crippen LogP contribution in [0, 0.1) is 22.2 Å². The Kier molecular flexibility index (Phi) is 2.16. The van der Waals surface area contributed by atoms with Gasteiger partial charge in [0.05, 0.1) is 0 Å². The molecule has 1 nitrogen and oxygen atoms in total. The monoisotopic (exact) mass is 296 g/mol. The van der Waals surface area contributed by atoms with Crippen molar-refractivity contribution in [2.45, 2.75) is 51.8 Å². The zero-order valence-electron chi connectivity index (χ0n) is 11.1. The Hall–Kier alpha value is -0.110. The summed E-state index contributed by atoms with van der Waals surface area (Å²) in [5.74, 6) is 0.546. The average molecular weight is 297 g/mol. The van der Waals surface area contributed by atoms with Crippen molar-refractivity contribution in [3.63, 3.8) is 0 Å². The molecule has 3 aliphatic carbocycles. The molecule has 2 fully saturated rings. The van der Waals surface area contributed by atoms with Crippen LogP contribution in [0.15, 0.2) is 11.6 Å². The lowest BCUT2D eigenvalue weighted by atomic mass is 9.38. The fraction of sp³-hybridized carbons (Fsp3) is 0.800. The van der Waals surface area contributed by atoms with Gasteiger partial charge in [0, 0.05) is 10.7 Å². The molecule has 0 amide bonds. The van der Waals surface area contributed by atoms with Crippen molar-refractivity contribution in [1.82, 2.24) is 0 Å². The maximum atomic E-state index is 12.2. The van der Waals surface area contributed by atoms with Crippen LogP contribution in [0.4, 0.5) is 0 Å². The Morgan fingerprint density at radius 3 is 2.53 bits per heavy atom. The molecule has 3 rings (SSSR count). The van der Waals surface area contributed by atoms with Gasteiger partial charge in [-0.25, -0.2) is 0 Å². The number of carbonyl (C=O) groups is 1. The van der Waals surface area contributed by atoms with E-state index >= 15 is 0 Å². The lowest BCUT2D eigenvalue weighted by molar-refractivity contribution is -0.157. The van der Waals surface area contributed by atoms with Crippen LogP contribution in [0.25, 0.3) is 0 Å². The van der Waals surface area contributed by atoms with E-state index in [0.29, 0.717) is 16.0 Å². The first-order valence-electron chi connectivity index (χ1n) is 6.66. The zero-order chi connectivity index (χ0) is 12.6. The van der Waals surface area contributed by atoms with E-state index < -0.39 is 0 Å². The molecule has 1 spiro atoms. The summed E-state index contributed by atoms with van der Waals surface area (Å²) in [6.07, 6.45) is 5.59. The highest BCUT2D eigenvalue weighted by atomic mass is 79.9. The van der Waals surface area contributed by atoms with Crippen molar-refractivity contribution < 1.29 is 4.79 Å². The predicted molar refractivity (Wildman–Crippen MR) is 73.1 cm³/mol. The second-order valence-corrected chi connectivity index (χ2v) is 7.95. The number of halogens is 1. The number of hydrogen-bond donors (Lipinski definition) is 0. The lowest BCUT2D eigenvalue weighted by Gasteiger charge is -2.65. The minimum atomic E-state index is 0.192. The third-order valence-corrected chi connectivity index (χ3v) is 8.05. The first-order chi connectivity index (χ1) is 7.79. The highest BCUT2D eigenvalue weighted by Gasteiger charge is 2.75. The third kappa shape index (κ3) is 0.981. The molecule has 0 heterocycles. The van der Waals surface area contributed by atoms with Gasteiger partial charge in [0.25, 0.3) is 0 Å². The summed E-state index contributed by atoms with van der Waals surface area (Å²) >= 11 is 3.91. The molecule has 0 aromatic heterocycles. The molecule has 94 valence electrons. The van der Waals surface area contributed by atoms with E-state index in [9.17, 15) is 4.79 Å². The summed E-state index contributed by atoms with van der Waals surface area (Å²) in [6, 6.07) is 0. The largest absolute Gasteiger partial charge is 0.295 e. The Labute approximate surface area is 112 Å². The van der Waals surface area contributed by atoms with Crippen LogP contribution in [0.1, 0.15) is 47.0 Å². The number of allylic oxidation sites excluding steroid dienone is 2. The van der Waals surface area contributed by atoms with E-state index in [1.54, 1.807) is 0 Å². The topological polar surface area (TPSA) is 17.1 Å². The van der Waals surface area contributed by atoms with E-state index in [1.807, 2.05) is 6.08 Å². The summed E-state index contributed by atoms with van der Waals surface area (Å²) in [7, 11) is 0. The molecule has 0 aromatic carbocycles. The summed E-state index contributed by atoms with van der Waals surface area (Å²) < 4.78 is 0. The van der Waals surface area contributed by atoms with Crippen LogP contribution in [-0.4, -0.2) is 10.6 Å². The summed E-state index contributed by atoms with van der Waals surface area (Å²) in [5, 5.41) is 0. The molecule has 0 N–H and O–H groups in total. The highest BCUT2D eigenvalue weighted by molar-refractivity contribution is 9.09. The van der Waals surface area contributed by atoms with Crippen LogP contribution in [0.2, 0.25) is 0 Å². The molecule has 3 aliphatic rings. The van der Waals surface area contributed by atoms with Crippen molar-refractivity contribution >= 4 is 21.7 Å². The molecule has 0 aromatic rings. The lowest BCUT2D eigenvalue weighted by Crippen LogP contribution is -2.61. The van der Waals surface area contributed by atoms with Crippen LogP contribution in [-0.2, 0) is 4.79 Å². The highest BCUT2D eigenvalue weighted by Crippen LogP contribution is 2.80. The number of ketones is 1. The average Bonchev–Trinajstić information content (AvgIpc) is 2.34. The maximum absolute atomic E-state index is 12.2. The number of alkyl halides is 1. The molecule has 0 aliphatic heterocycles. The zero-order valence-corrected chi connectivity index (χ0v) is 12.7. The molecule has 5 unspecified atom stereocenters. The molecular weight excluding hydrogens is 276 g/mol. The van der Waals surface area contributed by atoms with Gasteiger partial charge in [-0.15, -0.1) is 0 Å². The Balaban J connectivity index is 2.24. The van der Waals surface area contributed by atoms with E-state index in [1.165, 1.54) is 24.8 Å². The van der Waals surface area contributed by atoms with Gasteiger partial charge in [-0.3, -0.25) is 4.79 Å². The van der Waals surface area contributed by atoms with Gasteiger partial charge in [0.15, 0.2) is 5.78 Å². The quantitative estimate of drug-likeness (QED) is 0.615. The van der Waals surface area contributed by atoms with Gasteiger partial charge in [0.2, 0.25) is 0 Å². The minimum absolute atomic E-state index is 0.192. The number of hydrogen-bond acceptors (Lipinski definition) is 1. The van der Waals surface area contributed by atoms with Crippen molar-refractivity contribution in [1.29, 1.82) is 0 Å². The maximum Gasteiger partial charge on any atom is 0.159 e. The number of rotatable bonds is 0. The Bertz CT molecular complexity index is 440. The molecule has 17 heavy (non-hydrogen) atoms. The van der Waals surface area contributed by atoms with E-state index in [4.69, 9.17) is 0 Å². The molecule has 5 atom stereocenters. The van der Waals surface area contributed by atoms with Gasteiger partial charge in [-0.1, -0.05) is 42.3 Å². The van der Waals surface area contributed by atoms with Gasteiger partial charge >= 0.3 is 0 Å². The molecule has 0 radical (unpaired) electrons. The van der Waals surface area contributed by atoms with Crippen LogP contribution in [0.5, 0.6) is 0 Å². The first kappa shape index (κ1) is 12.0. The second kappa shape index (κ2) is 3.07. The fourth-order valence-corrected chi connectivity index (χ4v) is 6.62. The fourth-order valence-electron chi connectivity index (χ4n) is 5.34. The summed E-state index contributed by atoms with van der Waals surface area (Å²) in [4.78, 5) is 12.8. The van der Waals surface area contributed by atoms with Gasteiger partial charge < -0.3 is 0 Å². The van der Waals surface area contributed by atoms with Crippen molar-refractivity contribution in [2.24, 2.45) is 22.2 Å². The van der Waals surface area contributed by atoms with E-state index in [-0.39, 0.29) is 16.7 Å². The summed E-state index contributed by atoms with van der Waals surface area (Å²) in [5.41, 5.74) is 2.06. The molecule has 0 bridgehead atoms. The Morgan fingerprint density at radius 2 is 2.00 bits per heavy atom. The second-order valence-electron chi connectivity index (χ2n) is 6.84. The predicted octanol–water partition coefficient (Wildman–Crippen LogP) is 4.11. The third-order valence-electron chi connectivity index (χ3n) is 6.72. The van der Waals surface area contributed by atoms with Crippen LogP contribution >= 0.6 is 15.9 Å². The van der Waals surface area contributed by atoms with Crippen molar-refractivity contribution in [3.8, 4) is 0 Å². The SMILES string of the molecule is CC1=CC(=O)C(C)C23CCC2(C)C(Br)CC13C. The van der Waals surface area contributed by atoms with E-state index in [0.717, 1.165) is 0 Å². The summed E-state index contributed by atoms with van der Waals surface area (Å²) in [6.45, 7) is 9.10. The minimum Gasteiger partial charge on any atom is -0.295 e. The smallest absolute Gasteiger partial charge is 0.159 e. The van der Waals surface area contributed by atoms with Crippen LogP contribution in [0.3, 0.4) is 0 Å². The first-order valence-corrected chi connectivity index (χ1v) is 7.58. The van der Waals surface area contributed by atoms with Crippen LogP contribution < -0.4 is 0 Å². The van der Waals surface area contributed by atoms with Crippen molar-refractivity contribution in [2.75, 3.05) is 0 Å². The normalized spacial score (nSPS) is 57.0. The molecular formula is C15H21BrO. The Morgan fingerprint density at radius 1 is 1.35 bits per heavy atom. The molecule has 2 saturated carbocycles. The van der Waals surface area contributed by atoms with E-state index in [2.05, 4.69) is 43.6 Å².